The number of benzene rings is 1. The van der Waals surface area contributed by atoms with Crippen molar-refractivity contribution < 1.29 is 4.79 Å². The maximum Gasteiger partial charge on any atom is 0.236 e. The van der Waals surface area contributed by atoms with E-state index in [0.29, 0.717) is 13.1 Å². The third-order valence-electron chi connectivity index (χ3n) is 3.42. The van der Waals surface area contributed by atoms with Gasteiger partial charge in [-0.3, -0.25) is 4.79 Å². The normalized spacial score (nSPS) is 12.6. The molecule has 1 unspecified atom stereocenters. The highest BCUT2D eigenvalue weighted by Crippen LogP contribution is 2.14. The summed E-state index contributed by atoms with van der Waals surface area (Å²) in [6.45, 7) is 5.27. The number of hydrogen-bond acceptors (Lipinski definition) is 3. The summed E-state index contributed by atoms with van der Waals surface area (Å²) >= 11 is 0. The van der Waals surface area contributed by atoms with E-state index < -0.39 is 6.04 Å². The Morgan fingerprint density at radius 1 is 1.45 bits per heavy atom. The molecule has 0 aliphatic carbocycles. The van der Waals surface area contributed by atoms with E-state index in [2.05, 4.69) is 14.9 Å². The second-order valence-corrected chi connectivity index (χ2v) is 4.99. The van der Waals surface area contributed by atoms with Crippen LogP contribution in [0.25, 0.3) is 11.0 Å². The Morgan fingerprint density at radius 3 is 2.95 bits per heavy atom. The molecule has 3 N–H and O–H groups in total. The Labute approximate surface area is 119 Å². The van der Waals surface area contributed by atoms with E-state index in [1.165, 1.54) is 0 Å². The van der Waals surface area contributed by atoms with Crippen LogP contribution in [0.15, 0.2) is 24.3 Å². The lowest BCUT2D eigenvalue weighted by Gasteiger charge is -2.12. The van der Waals surface area contributed by atoms with Crippen LogP contribution in [-0.2, 0) is 11.3 Å². The zero-order valence-corrected chi connectivity index (χ0v) is 12.1. The smallest absolute Gasteiger partial charge is 0.236 e. The van der Waals surface area contributed by atoms with Crippen LogP contribution >= 0.6 is 0 Å². The highest BCUT2D eigenvalue weighted by atomic mass is 16.2. The maximum atomic E-state index is 11.7. The number of nitrogens with one attached hydrogen (secondary N) is 1. The molecule has 0 bridgehead atoms. The van der Waals surface area contributed by atoms with Crippen molar-refractivity contribution in [3.63, 3.8) is 0 Å². The molecule has 0 fully saturated rings. The van der Waals surface area contributed by atoms with Gasteiger partial charge in [0.1, 0.15) is 5.82 Å². The minimum atomic E-state index is -0.402. The molecule has 0 spiro atoms. The third-order valence-corrected chi connectivity index (χ3v) is 3.42. The summed E-state index contributed by atoms with van der Waals surface area (Å²) in [5.74, 6) is 0.882. The molecule has 108 valence electrons. The first kappa shape index (κ1) is 14.5. The summed E-state index contributed by atoms with van der Waals surface area (Å²) in [5.41, 5.74) is 7.86. The van der Waals surface area contributed by atoms with Crippen LogP contribution in [0.5, 0.6) is 0 Å². The molecule has 0 aliphatic heterocycles. The molecule has 0 saturated carbocycles. The number of carbonyl (C=O) groups is 1. The van der Waals surface area contributed by atoms with Crippen molar-refractivity contribution in [2.75, 3.05) is 6.54 Å². The maximum absolute atomic E-state index is 11.7. The molecule has 0 saturated heterocycles. The Kier molecular flexibility index (Phi) is 4.74. The first-order valence-electron chi connectivity index (χ1n) is 7.08. The van der Waals surface area contributed by atoms with Crippen molar-refractivity contribution in [2.45, 2.75) is 39.3 Å². The lowest BCUT2D eigenvalue weighted by atomic mass is 10.2. The van der Waals surface area contributed by atoms with Crippen molar-refractivity contribution in [3.8, 4) is 0 Å². The largest absolute Gasteiger partial charge is 0.353 e. The van der Waals surface area contributed by atoms with Crippen LogP contribution in [0.3, 0.4) is 0 Å². The number of hydrogen-bond donors (Lipinski definition) is 2. The highest BCUT2D eigenvalue weighted by Gasteiger charge is 2.12. The number of nitrogens with two attached hydrogens (primary N) is 1. The Bertz CT molecular complexity index is 591. The Morgan fingerprint density at radius 2 is 2.20 bits per heavy atom. The monoisotopic (exact) mass is 274 g/mol. The van der Waals surface area contributed by atoms with Crippen LogP contribution in [-0.4, -0.2) is 28.0 Å². The van der Waals surface area contributed by atoms with Crippen molar-refractivity contribution in [3.05, 3.63) is 30.1 Å². The number of rotatable bonds is 6. The van der Waals surface area contributed by atoms with Crippen molar-refractivity contribution in [2.24, 2.45) is 5.73 Å². The number of aryl methyl sites for hydroxylation is 1. The van der Waals surface area contributed by atoms with Crippen LogP contribution in [0, 0.1) is 6.92 Å². The number of imidazole rings is 1. The van der Waals surface area contributed by atoms with E-state index >= 15 is 0 Å². The standard InChI is InChI=1S/C15H22N4O/c1-3-6-12(16)15(20)17-9-10-19-11(2)18-13-7-4-5-8-14(13)19/h4-5,7-8,12H,3,6,9-10,16H2,1-2H3,(H,17,20). The van der Waals surface area contributed by atoms with Gasteiger partial charge in [0.2, 0.25) is 5.91 Å². The molecule has 1 atom stereocenters. The van der Waals surface area contributed by atoms with Gasteiger partial charge in [-0.05, 0) is 25.5 Å². The summed E-state index contributed by atoms with van der Waals surface area (Å²) in [6.07, 6.45) is 1.64. The van der Waals surface area contributed by atoms with Gasteiger partial charge in [0, 0.05) is 13.1 Å². The van der Waals surface area contributed by atoms with Gasteiger partial charge in [-0.1, -0.05) is 25.5 Å². The number of carbonyl (C=O) groups excluding carboxylic acids is 1. The van der Waals surface area contributed by atoms with Gasteiger partial charge >= 0.3 is 0 Å². The number of aromatic nitrogens is 2. The van der Waals surface area contributed by atoms with E-state index in [1.54, 1.807) is 0 Å². The van der Waals surface area contributed by atoms with Crippen molar-refractivity contribution in [1.29, 1.82) is 0 Å². The summed E-state index contributed by atoms with van der Waals surface area (Å²) in [4.78, 5) is 16.2. The van der Waals surface area contributed by atoms with Crippen LogP contribution in [0.4, 0.5) is 0 Å². The molecular weight excluding hydrogens is 252 g/mol. The predicted molar refractivity (Wildman–Crippen MR) is 80.4 cm³/mol. The van der Waals surface area contributed by atoms with Crippen molar-refractivity contribution in [1.82, 2.24) is 14.9 Å². The molecule has 1 amide bonds. The van der Waals surface area contributed by atoms with Gasteiger partial charge in [-0.15, -0.1) is 0 Å². The fourth-order valence-electron chi connectivity index (χ4n) is 2.34. The van der Waals surface area contributed by atoms with Crippen LogP contribution < -0.4 is 11.1 Å². The fourth-order valence-corrected chi connectivity index (χ4v) is 2.34. The van der Waals surface area contributed by atoms with Gasteiger partial charge in [-0.25, -0.2) is 4.98 Å². The van der Waals surface area contributed by atoms with Gasteiger partial charge in [-0.2, -0.15) is 0 Å². The van der Waals surface area contributed by atoms with Gasteiger partial charge < -0.3 is 15.6 Å². The molecular formula is C15H22N4O. The van der Waals surface area contributed by atoms with E-state index in [0.717, 1.165) is 29.7 Å². The average molecular weight is 274 g/mol. The zero-order valence-electron chi connectivity index (χ0n) is 12.1. The minimum absolute atomic E-state index is 0.0751. The first-order valence-corrected chi connectivity index (χ1v) is 7.08. The highest BCUT2D eigenvalue weighted by molar-refractivity contribution is 5.81. The van der Waals surface area contributed by atoms with Gasteiger partial charge in [0.05, 0.1) is 17.1 Å². The summed E-state index contributed by atoms with van der Waals surface area (Å²) in [6, 6.07) is 7.61. The lowest BCUT2D eigenvalue weighted by molar-refractivity contribution is -0.122. The number of amides is 1. The van der Waals surface area contributed by atoms with E-state index in [-0.39, 0.29) is 5.91 Å². The molecule has 5 heteroatoms. The van der Waals surface area contributed by atoms with E-state index in [9.17, 15) is 4.79 Å². The quantitative estimate of drug-likeness (QED) is 0.840. The molecule has 5 nitrogen and oxygen atoms in total. The molecule has 1 heterocycles. The Hall–Kier alpha value is -1.88. The SMILES string of the molecule is CCCC(N)C(=O)NCCn1c(C)nc2ccccc21. The summed E-state index contributed by atoms with van der Waals surface area (Å²) < 4.78 is 2.11. The molecule has 0 radical (unpaired) electrons. The summed E-state index contributed by atoms with van der Waals surface area (Å²) in [7, 11) is 0. The van der Waals surface area contributed by atoms with Crippen molar-refractivity contribution >= 4 is 16.9 Å². The molecule has 2 aromatic rings. The average Bonchev–Trinajstić information content (AvgIpc) is 2.75. The number of para-hydroxylation sites is 2. The van der Waals surface area contributed by atoms with E-state index in [1.807, 2.05) is 38.1 Å². The zero-order chi connectivity index (χ0) is 14.5. The third kappa shape index (κ3) is 3.17. The number of fused-ring (bicyclic) bond motifs is 1. The van der Waals surface area contributed by atoms with Crippen LogP contribution in [0.2, 0.25) is 0 Å². The fraction of sp³-hybridized carbons (Fsp3) is 0.467. The van der Waals surface area contributed by atoms with Gasteiger partial charge in [0.25, 0.3) is 0 Å². The molecule has 20 heavy (non-hydrogen) atoms. The van der Waals surface area contributed by atoms with Crippen LogP contribution in [0.1, 0.15) is 25.6 Å². The van der Waals surface area contributed by atoms with E-state index in [4.69, 9.17) is 5.73 Å². The topological polar surface area (TPSA) is 72.9 Å². The van der Waals surface area contributed by atoms with Gasteiger partial charge in [0.15, 0.2) is 0 Å². The second kappa shape index (κ2) is 6.52. The molecule has 1 aromatic carbocycles. The first-order chi connectivity index (χ1) is 9.63. The number of nitrogens with zero attached hydrogens (tertiary/aromatic N) is 2. The molecule has 2 rings (SSSR count). The predicted octanol–water partition coefficient (Wildman–Crippen LogP) is 1.59. The molecule has 1 aromatic heterocycles. The Balaban J connectivity index is 1.96. The minimum Gasteiger partial charge on any atom is -0.353 e. The lowest BCUT2D eigenvalue weighted by Crippen LogP contribution is -2.41. The second-order valence-electron chi connectivity index (χ2n) is 4.99. The summed E-state index contributed by atoms with van der Waals surface area (Å²) in [5, 5.41) is 2.88. The molecule has 0 aliphatic rings.